The first-order valence-corrected chi connectivity index (χ1v) is 19.2. The van der Waals surface area contributed by atoms with Crippen LogP contribution in [-0.4, -0.2) is 0 Å². The highest BCUT2D eigenvalue weighted by Gasteiger charge is 2.37. The van der Waals surface area contributed by atoms with Crippen molar-refractivity contribution in [3.63, 3.8) is 0 Å². The lowest BCUT2D eigenvalue weighted by atomic mass is 9.74. The molecule has 0 aliphatic carbocycles. The summed E-state index contributed by atoms with van der Waals surface area (Å²) < 4.78 is 21.5. The molecule has 272 valence electrons. The van der Waals surface area contributed by atoms with Gasteiger partial charge in [0.15, 0.2) is 0 Å². The first kappa shape index (κ1) is 40.9. The third-order valence-electron chi connectivity index (χ3n) is 8.93. The molecule has 0 saturated heterocycles. The Bertz CT molecular complexity index is 1450. The third-order valence-corrected chi connectivity index (χ3v) is 9.97. The maximum absolute atomic E-state index is 7.18. The highest BCUT2D eigenvalue weighted by Crippen LogP contribution is 2.53. The predicted molar refractivity (Wildman–Crippen MR) is 215 cm³/mol. The van der Waals surface area contributed by atoms with Gasteiger partial charge in [0.25, 0.3) is 0 Å². The number of benzene rings is 3. The quantitative estimate of drug-likeness (QED) is 0.241. The Labute approximate surface area is 302 Å². The van der Waals surface area contributed by atoms with Crippen LogP contribution >= 0.6 is 8.60 Å². The molecule has 3 aromatic carbocycles. The second-order valence-corrected chi connectivity index (χ2v) is 21.5. The molecule has 0 amide bonds. The topological polar surface area (TPSA) is 27.7 Å². The minimum atomic E-state index is -1.96. The molecular formula is C45H69O3P. The van der Waals surface area contributed by atoms with E-state index in [1.54, 1.807) is 0 Å². The Morgan fingerprint density at radius 1 is 0.327 bits per heavy atom. The average Bonchev–Trinajstić information content (AvgIpc) is 2.83. The lowest BCUT2D eigenvalue weighted by Gasteiger charge is -2.35. The number of aryl methyl sites for hydroxylation is 3. The SMILES string of the molecule is Cc1cc(OP(Oc2cc(C)cc(C(C)(C)C)c2C(C)(C)C)Oc2cc(C)cc(C(C)(C)C)c2C(C)(C)C)c(C(C)(C)C)c(C(C)(C)C)c1. The summed E-state index contributed by atoms with van der Waals surface area (Å²) in [5, 5.41) is 0. The Hall–Kier alpha value is -2.51. The molecule has 3 rings (SSSR count). The van der Waals surface area contributed by atoms with Crippen molar-refractivity contribution in [2.24, 2.45) is 0 Å². The third kappa shape index (κ3) is 9.84. The lowest BCUT2D eigenvalue weighted by molar-refractivity contribution is 0.367. The van der Waals surface area contributed by atoms with Crippen molar-refractivity contribution in [3.8, 4) is 17.2 Å². The summed E-state index contributed by atoms with van der Waals surface area (Å²) in [5.74, 6) is 2.47. The lowest BCUT2D eigenvalue weighted by Crippen LogP contribution is -2.25. The summed E-state index contributed by atoms with van der Waals surface area (Å²) in [6.07, 6.45) is 0. The number of hydrogen-bond acceptors (Lipinski definition) is 3. The predicted octanol–water partition coefficient (Wildman–Crippen LogP) is 14.2. The van der Waals surface area contributed by atoms with E-state index in [-0.39, 0.29) is 32.5 Å². The first-order chi connectivity index (χ1) is 21.8. The highest BCUT2D eigenvalue weighted by molar-refractivity contribution is 7.43. The van der Waals surface area contributed by atoms with Crippen LogP contribution in [0.1, 0.15) is 175 Å². The average molecular weight is 689 g/mol. The van der Waals surface area contributed by atoms with E-state index in [0.717, 1.165) is 33.9 Å². The van der Waals surface area contributed by atoms with Crippen molar-refractivity contribution in [1.29, 1.82) is 0 Å². The van der Waals surface area contributed by atoms with Crippen molar-refractivity contribution in [1.82, 2.24) is 0 Å². The molecule has 3 aromatic rings. The zero-order chi connectivity index (χ0) is 37.9. The van der Waals surface area contributed by atoms with Crippen LogP contribution in [0.4, 0.5) is 0 Å². The van der Waals surface area contributed by atoms with Gasteiger partial charge in [-0.3, -0.25) is 0 Å². The molecule has 0 radical (unpaired) electrons. The summed E-state index contributed by atoms with van der Waals surface area (Å²) in [6.45, 7) is 47.4. The Kier molecular flexibility index (Phi) is 11.3. The molecule has 0 unspecified atom stereocenters. The summed E-state index contributed by atoms with van der Waals surface area (Å²) in [5.41, 5.74) is 10.1. The zero-order valence-corrected chi connectivity index (χ0v) is 36.0. The minimum absolute atomic E-state index is 0.0771. The van der Waals surface area contributed by atoms with E-state index >= 15 is 0 Å². The number of hydrogen-bond donors (Lipinski definition) is 0. The summed E-state index contributed by atoms with van der Waals surface area (Å²) in [4.78, 5) is 0. The second-order valence-electron chi connectivity index (χ2n) is 20.6. The fraction of sp³-hybridized carbons (Fsp3) is 0.600. The summed E-state index contributed by atoms with van der Waals surface area (Å²) >= 11 is 0. The largest absolute Gasteiger partial charge is 0.530 e. The second kappa shape index (κ2) is 13.6. The van der Waals surface area contributed by atoms with Gasteiger partial charge in [-0.15, -0.1) is 0 Å². The van der Waals surface area contributed by atoms with Crippen LogP contribution in [0.25, 0.3) is 0 Å². The van der Waals surface area contributed by atoms with Crippen LogP contribution in [0.2, 0.25) is 0 Å². The van der Waals surface area contributed by atoms with Gasteiger partial charge >= 0.3 is 8.60 Å². The van der Waals surface area contributed by atoms with Crippen molar-refractivity contribution < 1.29 is 13.6 Å². The van der Waals surface area contributed by atoms with Gasteiger partial charge in [-0.1, -0.05) is 143 Å². The van der Waals surface area contributed by atoms with Crippen molar-refractivity contribution in [3.05, 3.63) is 86.5 Å². The van der Waals surface area contributed by atoms with E-state index in [1.165, 1.54) is 33.4 Å². The Balaban J connectivity index is 2.44. The molecule has 0 spiro atoms. The van der Waals surface area contributed by atoms with Crippen LogP contribution in [0.5, 0.6) is 17.2 Å². The smallest absolute Gasteiger partial charge is 0.408 e. The van der Waals surface area contributed by atoms with Crippen molar-refractivity contribution >= 4 is 8.60 Å². The molecular weight excluding hydrogens is 619 g/mol. The molecule has 0 aliphatic heterocycles. The van der Waals surface area contributed by atoms with E-state index in [2.05, 4.69) is 182 Å². The van der Waals surface area contributed by atoms with Crippen molar-refractivity contribution in [2.75, 3.05) is 0 Å². The van der Waals surface area contributed by atoms with Gasteiger partial charge in [0, 0.05) is 16.7 Å². The molecule has 0 fully saturated rings. The van der Waals surface area contributed by atoms with Gasteiger partial charge in [0.05, 0.1) is 0 Å². The molecule has 0 bridgehead atoms. The molecule has 0 saturated carbocycles. The first-order valence-electron chi connectivity index (χ1n) is 18.1. The van der Waals surface area contributed by atoms with E-state index in [0.29, 0.717) is 0 Å². The van der Waals surface area contributed by atoms with Gasteiger partial charge in [-0.2, -0.15) is 0 Å². The molecule has 0 aromatic heterocycles. The Morgan fingerprint density at radius 2 is 0.531 bits per heavy atom. The van der Waals surface area contributed by atoms with Gasteiger partial charge in [-0.05, 0) is 105 Å². The molecule has 0 heterocycles. The van der Waals surface area contributed by atoms with Crippen LogP contribution in [0.3, 0.4) is 0 Å². The van der Waals surface area contributed by atoms with Gasteiger partial charge in [-0.25, -0.2) is 0 Å². The monoisotopic (exact) mass is 688 g/mol. The maximum Gasteiger partial charge on any atom is 0.530 e. The molecule has 4 heteroatoms. The molecule has 3 nitrogen and oxygen atoms in total. The van der Waals surface area contributed by atoms with E-state index in [1.807, 2.05) is 0 Å². The molecule has 0 N–H and O–H groups in total. The summed E-state index contributed by atoms with van der Waals surface area (Å²) in [7, 11) is -1.96. The van der Waals surface area contributed by atoms with Crippen LogP contribution in [0, 0.1) is 20.8 Å². The van der Waals surface area contributed by atoms with Gasteiger partial charge in [0.2, 0.25) is 0 Å². The van der Waals surface area contributed by atoms with E-state index in [9.17, 15) is 0 Å². The standard InChI is InChI=1S/C45H69O3P/c1-28-22-31(40(4,5)6)37(43(13,14)15)34(25-28)46-49(47-35-26-29(2)23-32(41(7,8)9)38(35)44(16,17)18)48-36-27-30(3)24-33(42(10,11)12)39(36)45(19,20)21/h22-27H,1-21H3. The fourth-order valence-corrected chi connectivity index (χ4v) is 7.89. The fourth-order valence-electron chi connectivity index (χ4n) is 6.87. The van der Waals surface area contributed by atoms with E-state index < -0.39 is 8.60 Å². The van der Waals surface area contributed by atoms with Crippen molar-refractivity contribution in [2.45, 2.75) is 178 Å². The van der Waals surface area contributed by atoms with Crippen LogP contribution < -0.4 is 13.6 Å². The summed E-state index contributed by atoms with van der Waals surface area (Å²) in [6, 6.07) is 13.5. The molecule has 0 aliphatic rings. The maximum atomic E-state index is 7.18. The van der Waals surface area contributed by atoms with E-state index in [4.69, 9.17) is 13.6 Å². The Morgan fingerprint density at radius 3 is 0.694 bits per heavy atom. The minimum Gasteiger partial charge on any atom is -0.408 e. The molecule has 49 heavy (non-hydrogen) atoms. The zero-order valence-electron chi connectivity index (χ0n) is 35.1. The number of rotatable bonds is 6. The van der Waals surface area contributed by atoms with Gasteiger partial charge < -0.3 is 13.6 Å². The highest BCUT2D eigenvalue weighted by atomic mass is 31.2. The normalized spacial score (nSPS) is 13.6. The van der Waals surface area contributed by atoms with Gasteiger partial charge in [0.1, 0.15) is 17.2 Å². The van der Waals surface area contributed by atoms with Crippen LogP contribution in [-0.2, 0) is 32.5 Å². The van der Waals surface area contributed by atoms with Crippen LogP contribution in [0.15, 0.2) is 36.4 Å². The molecule has 0 atom stereocenters.